The largest absolute Gasteiger partial charge is 0.496 e. The van der Waals surface area contributed by atoms with Crippen molar-refractivity contribution in [3.8, 4) is 5.75 Å². The van der Waals surface area contributed by atoms with Gasteiger partial charge in [0, 0.05) is 11.6 Å². The van der Waals surface area contributed by atoms with Crippen molar-refractivity contribution in [1.82, 2.24) is 10.2 Å². The molecule has 0 aromatic heterocycles. The molecule has 4 heteroatoms. The molecular formula is C17H26N2O2. The van der Waals surface area contributed by atoms with E-state index >= 15 is 0 Å². The van der Waals surface area contributed by atoms with Crippen molar-refractivity contribution in [2.75, 3.05) is 13.7 Å². The Morgan fingerprint density at radius 1 is 1.38 bits per heavy atom. The molecule has 3 atom stereocenters. The summed E-state index contributed by atoms with van der Waals surface area (Å²) in [5, 5.41) is 3.32. The highest BCUT2D eigenvalue weighted by atomic mass is 16.5. The van der Waals surface area contributed by atoms with Crippen molar-refractivity contribution in [2.24, 2.45) is 5.92 Å². The van der Waals surface area contributed by atoms with E-state index < -0.39 is 0 Å². The third-order valence-corrected chi connectivity index (χ3v) is 4.36. The summed E-state index contributed by atoms with van der Waals surface area (Å²) < 4.78 is 5.45. The minimum Gasteiger partial charge on any atom is -0.496 e. The van der Waals surface area contributed by atoms with Gasteiger partial charge in [-0.2, -0.15) is 0 Å². The lowest BCUT2D eigenvalue weighted by Gasteiger charge is -2.32. The first kappa shape index (κ1) is 15.8. The molecule has 1 heterocycles. The van der Waals surface area contributed by atoms with Gasteiger partial charge in [-0.1, -0.05) is 38.5 Å². The maximum absolute atomic E-state index is 12.3. The second-order valence-electron chi connectivity index (χ2n) is 5.92. The fraction of sp³-hybridized carbons (Fsp3) is 0.588. The summed E-state index contributed by atoms with van der Waals surface area (Å²) in [6.45, 7) is 6.97. The Morgan fingerprint density at radius 3 is 2.76 bits per heavy atom. The number of carbonyl (C=O) groups is 1. The van der Waals surface area contributed by atoms with E-state index in [1.54, 1.807) is 7.11 Å². The van der Waals surface area contributed by atoms with Crippen molar-refractivity contribution in [2.45, 2.75) is 45.8 Å². The van der Waals surface area contributed by atoms with Crippen LogP contribution in [0.1, 0.15) is 45.3 Å². The number of carbonyl (C=O) groups excluding carboxylic acids is 1. The number of amides is 1. The molecule has 1 N–H and O–H groups in total. The topological polar surface area (TPSA) is 41.6 Å². The molecule has 3 unspecified atom stereocenters. The third kappa shape index (κ3) is 3.38. The molecule has 0 aliphatic carbocycles. The van der Waals surface area contributed by atoms with Gasteiger partial charge in [-0.25, -0.2) is 0 Å². The summed E-state index contributed by atoms with van der Waals surface area (Å²) in [7, 11) is 1.67. The number of nitrogens with zero attached hydrogens (tertiary/aromatic N) is 1. The van der Waals surface area contributed by atoms with Gasteiger partial charge in [0.15, 0.2) is 0 Å². The van der Waals surface area contributed by atoms with Crippen molar-refractivity contribution in [1.29, 1.82) is 0 Å². The molecule has 1 fully saturated rings. The molecule has 1 aromatic carbocycles. The van der Waals surface area contributed by atoms with E-state index in [0.29, 0.717) is 12.5 Å². The van der Waals surface area contributed by atoms with Crippen LogP contribution < -0.4 is 10.1 Å². The first-order valence-electron chi connectivity index (χ1n) is 7.75. The SMILES string of the molecule is CCC(C)CC(C)N1C(=O)CNC1c1ccccc1OC. The number of ether oxygens (including phenoxy) is 1. The van der Waals surface area contributed by atoms with E-state index in [4.69, 9.17) is 4.74 Å². The second-order valence-corrected chi connectivity index (χ2v) is 5.92. The maximum Gasteiger partial charge on any atom is 0.238 e. The molecule has 1 aliphatic heterocycles. The molecule has 0 saturated carbocycles. The van der Waals surface area contributed by atoms with Crippen molar-refractivity contribution >= 4 is 5.91 Å². The first-order chi connectivity index (χ1) is 10.1. The highest BCUT2D eigenvalue weighted by molar-refractivity contribution is 5.81. The van der Waals surface area contributed by atoms with Crippen LogP contribution in [-0.4, -0.2) is 30.5 Å². The Balaban J connectivity index is 2.24. The van der Waals surface area contributed by atoms with Gasteiger partial charge in [0.05, 0.1) is 13.7 Å². The van der Waals surface area contributed by atoms with Crippen LogP contribution >= 0.6 is 0 Å². The molecule has 1 aliphatic rings. The van der Waals surface area contributed by atoms with E-state index in [-0.39, 0.29) is 18.1 Å². The Morgan fingerprint density at radius 2 is 2.10 bits per heavy atom. The lowest BCUT2D eigenvalue weighted by atomic mass is 9.98. The number of methoxy groups -OCH3 is 1. The van der Waals surface area contributed by atoms with Gasteiger partial charge in [0.25, 0.3) is 0 Å². The fourth-order valence-electron chi connectivity index (χ4n) is 3.03. The second kappa shape index (κ2) is 6.94. The van der Waals surface area contributed by atoms with Crippen molar-refractivity contribution in [3.63, 3.8) is 0 Å². The number of hydrogen-bond acceptors (Lipinski definition) is 3. The lowest BCUT2D eigenvalue weighted by Crippen LogP contribution is -2.39. The first-order valence-corrected chi connectivity index (χ1v) is 7.75. The third-order valence-electron chi connectivity index (χ3n) is 4.36. The van der Waals surface area contributed by atoms with Crippen molar-refractivity contribution < 1.29 is 9.53 Å². The van der Waals surface area contributed by atoms with Gasteiger partial charge in [-0.15, -0.1) is 0 Å². The Labute approximate surface area is 127 Å². The smallest absolute Gasteiger partial charge is 0.238 e. The highest BCUT2D eigenvalue weighted by Crippen LogP contribution is 2.32. The summed E-state index contributed by atoms with van der Waals surface area (Å²) in [5.74, 6) is 1.61. The number of nitrogens with one attached hydrogen (secondary N) is 1. The number of benzene rings is 1. The van der Waals surface area contributed by atoms with Gasteiger partial charge in [0.2, 0.25) is 5.91 Å². The molecule has 4 nitrogen and oxygen atoms in total. The Kier molecular flexibility index (Phi) is 5.23. The van der Waals surface area contributed by atoms with E-state index in [9.17, 15) is 4.79 Å². The van der Waals surface area contributed by atoms with Crippen LogP contribution in [0.15, 0.2) is 24.3 Å². The summed E-state index contributed by atoms with van der Waals surface area (Å²) in [6, 6.07) is 8.12. The molecule has 1 aromatic rings. The minimum absolute atomic E-state index is 0.0901. The number of para-hydroxylation sites is 1. The standard InChI is InChI=1S/C17H26N2O2/c1-5-12(2)10-13(3)19-16(20)11-18-17(19)14-8-6-7-9-15(14)21-4/h6-9,12-13,17-18H,5,10-11H2,1-4H3. The van der Waals surface area contributed by atoms with Crippen LogP contribution in [0.4, 0.5) is 0 Å². The van der Waals surface area contributed by atoms with Crippen LogP contribution in [-0.2, 0) is 4.79 Å². The molecule has 0 bridgehead atoms. The fourth-order valence-corrected chi connectivity index (χ4v) is 3.03. The summed E-state index contributed by atoms with van der Waals surface area (Å²) in [4.78, 5) is 14.3. The normalized spacial score (nSPS) is 21.4. The zero-order chi connectivity index (χ0) is 15.4. The Hall–Kier alpha value is -1.55. The van der Waals surface area contributed by atoms with Crippen LogP contribution in [0.25, 0.3) is 0 Å². The zero-order valence-corrected chi connectivity index (χ0v) is 13.4. The molecule has 21 heavy (non-hydrogen) atoms. The molecule has 1 saturated heterocycles. The van der Waals surface area contributed by atoms with E-state index in [1.165, 1.54) is 0 Å². The number of rotatable bonds is 6. The van der Waals surface area contributed by atoms with Gasteiger partial charge < -0.3 is 9.64 Å². The van der Waals surface area contributed by atoms with Crippen LogP contribution in [0.5, 0.6) is 5.75 Å². The van der Waals surface area contributed by atoms with Gasteiger partial charge in [-0.05, 0) is 25.3 Å². The highest BCUT2D eigenvalue weighted by Gasteiger charge is 2.36. The molecule has 1 amide bonds. The predicted molar refractivity (Wildman–Crippen MR) is 84.1 cm³/mol. The molecule has 116 valence electrons. The predicted octanol–water partition coefficient (Wildman–Crippen LogP) is 2.95. The van der Waals surface area contributed by atoms with Crippen LogP contribution in [0, 0.1) is 5.92 Å². The summed E-state index contributed by atoms with van der Waals surface area (Å²) in [6.07, 6.45) is 2.07. The Bertz CT molecular complexity index is 489. The maximum atomic E-state index is 12.3. The summed E-state index contributed by atoms with van der Waals surface area (Å²) in [5.41, 5.74) is 1.03. The summed E-state index contributed by atoms with van der Waals surface area (Å²) >= 11 is 0. The van der Waals surface area contributed by atoms with Crippen molar-refractivity contribution in [3.05, 3.63) is 29.8 Å². The minimum atomic E-state index is -0.0901. The molecule has 0 radical (unpaired) electrons. The van der Waals surface area contributed by atoms with Gasteiger partial charge >= 0.3 is 0 Å². The molecular weight excluding hydrogens is 264 g/mol. The quantitative estimate of drug-likeness (QED) is 0.876. The zero-order valence-electron chi connectivity index (χ0n) is 13.4. The molecule has 0 spiro atoms. The lowest BCUT2D eigenvalue weighted by molar-refractivity contribution is -0.130. The number of hydrogen-bond donors (Lipinski definition) is 1. The van der Waals surface area contributed by atoms with Crippen LogP contribution in [0.2, 0.25) is 0 Å². The average molecular weight is 290 g/mol. The van der Waals surface area contributed by atoms with E-state index in [2.05, 4.69) is 26.1 Å². The van der Waals surface area contributed by atoms with Gasteiger partial charge in [-0.3, -0.25) is 10.1 Å². The molecule has 2 rings (SSSR count). The van der Waals surface area contributed by atoms with E-state index in [0.717, 1.165) is 24.2 Å². The van der Waals surface area contributed by atoms with Crippen LogP contribution in [0.3, 0.4) is 0 Å². The average Bonchev–Trinajstić information content (AvgIpc) is 2.88. The van der Waals surface area contributed by atoms with Gasteiger partial charge in [0.1, 0.15) is 11.9 Å². The van der Waals surface area contributed by atoms with E-state index in [1.807, 2.05) is 29.2 Å². The monoisotopic (exact) mass is 290 g/mol.